The molecule has 0 radical (unpaired) electrons. The van der Waals surface area contributed by atoms with Gasteiger partial charge in [-0.2, -0.15) is 0 Å². The van der Waals surface area contributed by atoms with Crippen molar-refractivity contribution in [3.05, 3.63) is 78.9 Å². The summed E-state index contributed by atoms with van der Waals surface area (Å²) in [5, 5.41) is 0. The average molecular weight is 459 g/mol. The number of halogens is 2. The van der Waals surface area contributed by atoms with E-state index in [1.54, 1.807) is 25.6 Å². The van der Waals surface area contributed by atoms with Crippen molar-refractivity contribution < 1.29 is 32.6 Å². The molecule has 4 heteroatoms. The van der Waals surface area contributed by atoms with Crippen molar-refractivity contribution in [2.75, 3.05) is 0 Å². The van der Waals surface area contributed by atoms with Gasteiger partial charge in [0.25, 0.3) is 0 Å². The molecule has 1 nitrogen and oxygen atoms in total. The van der Waals surface area contributed by atoms with E-state index in [1.807, 2.05) is 0 Å². The monoisotopic (exact) mass is 457 g/mol. The molecule has 2 aliphatic rings. The molecule has 0 amide bonds. The zero-order valence-electron chi connectivity index (χ0n) is 17.4. The normalized spacial score (nSPS) is 20.4. The Labute approximate surface area is 178 Å². The van der Waals surface area contributed by atoms with Gasteiger partial charge >= 0.3 is 170 Å². The summed E-state index contributed by atoms with van der Waals surface area (Å²) >= 11 is -0.803. The minimum absolute atomic E-state index is 0. The van der Waals surface area contributed by atoms with Crippen molar-refractivity contribution in [3.8, 4) is 0 Å². The Hall–Kier alpha value is -1.54. The van der Waals surface area contributed by atoms with Crippen LogP contribution in [0.25, 0.3) is 11.8 Å². The Morgan fingerprint density at radius 3 is 2.18 bits per heavy atom. The number of aromatic nitrogens is 1. The molecule has 0 aliphatic heterocycles. The van der Waals surface area contributed by atoms with Gasteiger partial charge < -0.3 is 9.41 Å². The van der Waals surface area contributed by atoms with Gasteiger partial charge in [0.05, 0.1) is 0 Å². The molecule has 28 heavy (non-hydrogen) atoms. The van der Waals surface area contributed by atoms with E-state index in [1.165, 1.54) is 22.5 Å². The van der Waals surface area contributed by atoms with Crippen LogP contribution in [0.3, 0.4) is 0 Å². The van der Waals surface area contributed by atoms with Crippen LogP contribution in [0, 0.1) is 19.8 Å². The first-order valence-electron chi connectivity index (χ1n) is 9.50. The van der Waals surface area contributed by atoms with Crippen molar-refractivity contribution in [2.45, 2.75) is 45.2 Å². The largest absolute Gasteiger partial charge is 1.00 e. The SMILES string of the molecule is CC1=C(C)C(C)[C]([Zr+2][CH]2C(n3cc(C)cc3C)=Cc3ccccc32)=C1C.[F-].[F-]. The van der Waals surface area contributed by atoms with E-state index in [-0.39, 0.29) is 9.41 Å². The first-order valence-corrected chi connectivity index (χ1v) is 12.1. The summed E-state index contributed by atoms with van der Waals surface area (Å²) in [6, 6.07) is 11.3. The Bertz CT molecular complexity index is 994. The number of hydrogen-bond acceptors (Lipinski definition) is 0. The molecule has 0 spiro atoms. The van der Waals surface area contributed by atoms with Gasteiger partial charge in [-0.3, -0.25) is 0 Å². The summed E-state index contributed by atoms with van der Waals surface area (Å²) in [4.78, 5) is 0. The van der Waals surface area contributed by atoms with Gasteiger partial charge in [-0.25, -0.2) is 0 Å². The first kappa shape index (κ1) is 22.7. The summed E-state index contributed by atoms with van der Waals surface area (Å²) in [5.74, 6) is 0.642. The third kappa shape index (κ3) is 3.56. The number of benzene rings is 1. The van der Waals surface area contributed by atoms with Crippen LogP contribution < -0.4 is 9.41 Å². The Morgan fingerprint density at radius 1 is 0.929 bits per heavy atom. The van der Waals surface area contributed by atoms with E-state index in [0.717, 1.165) is 0 Å². The second kappa shape index (κ2) is 8.45. The van der Waals surface area contributed by atoms with Crippen molar-refractivity contribution in [2.24, 2.45) is 5.92 Å². The molecule has 2 aliphatic carbocycles. The maximum atomic E-state index is 2.45. The molecule has 0 N–H and O–H groups in total. The van der Waals surface area contributed by atoms with Gasteiger partial charge in [0, 0.05) is 0 Å². The van der Waals surface area contributed by atoms with E-state index in [4.69, 9.17) is 0 Å². The Kier molecular flexibility index (Phi) is 6.87. The third-order valence-electron chi connectivity index (χ3n) is 6.27. The van der Waals surface area contributed by atoms with Crippen LogP contribution in [-0.4, -0.2) is 4.57 Å². The van der Waals surface area contributed by atoms with Crippen molar-refractivity contribution in [3.63, 3.8) is 0 Å². The zero-order chi connectivity index (χ0) is 18.6. The molecule has 2 unspecified atom stereocenters. The summed E-state index contributed by atoms with van der Waals surface area (Å²) < 4.78 is 4.84. The number of aryl methyl sites for hydroxylation is 2. The van der Waals surface area contributed by atoms with Crippen molar-refractivity contribution in [1.29, 1.82) is 0 Å². The van der Waals surface area contributed by atoms with Gasteiger partial charge in [-0.15, -0.1) is 0 Å². The van der Waals surface area contributed by atoms with Gasteiger partial charge in [0.2, 0.25) is 0 Å². The minimum Gasteiger partial charge on any atom is -1.00 e. The average Bonchev–Trinajstić information content (AvgIpc) is 3.20. The predicted octanol–water partition coefficient (Wildman–Crippen LogP) is 0.508. The van der Waals surface area contributed by atoms with Gasteiger partial charge in [-0.05, 0) is 0 Å². The van der Waals surface area contributed by atoms with Crippen LogP contribution in [0.4, 0.5) is 0 Å². The molecule has 2 aromatic rings. The summed E-state index contributed by atoms with van der Waals surface area (Å²) in [6.07, 6.45) is 4.75. The molecule has 0 saturated heterocycles. The van der Waals surface area contributed by atoms with Crippen LogP contribution in [0.1, 0.15) is 53.7 Å². The number of rotatable bonds is 3. The first-order chi connectivity index (χ1) is 12.4. The maximum Gasteiger partial charge on any atom is -1.00 e. The third-order valence-corrected chi connectivity index (χ3v) is 11.2. The van der Waals surface area contributed by atoms with Crippen LogP contribution in [0.2, 0.25) is 0 Å². The molecule has 0 fully saturated rings. The topological polar surface area (TPSA) is 4.93 Å². The molecule has 1 heterocycles. The molecule has 0 bridgehead atoms. The summed E-state index contributed by atoms with van der Waals surface area (Å²) in [5.41, 5.74) is 11.9. The summed E-state index contributed by atoms with van der Waals surface area (Å²) in [6.45, 7) is 13.8. The van der Waals surface area contributed by atoms with Crippen LogP contribution in [0.15, 0.2) is 56.5 Å². The fourth-order valence-corrected chi connectivity index (χ4v) is 9.28. The molecular weight excluding hydrogens is 431 g/mol. The smallest absolute Gasteiger partial charge is 1.00 e. The number of nitrogens with zero attached hydrogens (tertiary/aromatic N) is 1. The Morgan fingerprint density at radius 2 is 1.61 bits per heavy atom. The van der Waals surface area contributed by atoms with Gasteiger partial charge in [0.15, 0.2) is 0 Å². The molecule has 0 saturated carbocycles. The van der Waals surface area contributed by atoms with E-state index in [2.05, 4.69) is 88.7 Å². The van der Waals surface area contributed by atoms with Crippen molar-refractivity contribution in [1.82, 2.24) is 4.57 Å². The van der Waals surface area contributed by atoms with Gasteiger partial charge in [0.1, 0.15) is 0 Å². The zero-order valence-corrected chi connectivity index (χ0v) is 19.9. The number of allylic oxidation sites excluding steroid dienone is 5. The summed E-state index contributed by atoms with van der Waals surface area (Å²) in [7, 11) is 0. The molecule has 2 atom stereocenters. The van der Waals surface area contributed by atoms with Crippen LogP contribution in [-0.2, 0) is 23.2 Å². The molecule has 4 rings (SSSR count). The molecule has 1 aromatic carbocycles. The maximum absolute atomic E-state index is 2.45. The fourth-order valence-electron chi connectivity index (χ4n) is 4.44. The number of hydrogen-bond donors (Lipinski definition) is 0. The van der Waals surface area contributed by atoms with E-state index in [9.17, 15) is 0 Å². The Balaban J connectivity index is 0.00000140. The number of fused-ring (bicyclic) bond motifs is 1. The van der Waals surface area contributed by atoms with Gasteiger partial charge in [-0.1, -0.05) is 0 Å². The predicted molar refractivity (Wildman–Crippen MR) is 107 cm³/mol. The molecule has 146 valence electrons. The molecule has 1 aromatic heterocycles. The quantitative estimate of drug-likeness (QED) is 0.632. The van der Waals surface area contributed by atoms with Crippen LogP contribution in [0.5, 0.6) is 0 Å². The van der Waals surface area contributed by atoms with E-state index in [0.29, 0.717) is 9.54 Å². The molecular formula is C24H27F2NZr. The van der Waals surface area contributed by atoms with Crippen molar-refractivity contribution >= 4 is 11.8 Å². The van der Waals surface area contributed by atoms with Crippen LogP contribution >= 0.6 is 0 Å². The second-order valence-corrected chi connectivity index (χ2v) is 11.3. The standard InChI is InChI=1S/C15H14N.C9H13.2FH.Zr/c1-11-7-12(2)16(10-11)15-8-13-5-3-4-6-14(13)9-15;1-6-5-7(2)9(4)8(6)3;;;/h3-10H,1-2H3;6H,1-4H3;2*1H;/q;;;;+2/p-2. The van der Waals surface area contributed by atoms with E-state index < -0.39 is 23.2 Å². The minimum atomic E-state index is -0.803. The van der Waals surface area contributed by atoms with E-state index >= 15 is 0 Å². The fraction of sp³-hybridized carbons (Fsp3) is 0.333. The second-order valence-electron chi connectivity index (χ2n) is 7.87.